The molecule has 194 valence electrons. The number of carbonyl (C=O) groups excluding carboxylic acids is 1. The molecule has 0 saturated carbocycles. The van der Waals surface area contributed by atoms with E-state index >= 15 is 0 Å². The van der Waals surface area contributed by atoms with Crippen LogP contribution in [-0.4, -0.2) is 61.6 Å². The van der Waals surface area contributed by atoms with Crippen molar-refractivity contribution in [1.82, 2.24) is 35.1 Å². The first-order valence-electron chi connectivity index (χ1n) is 12.3. The fourth-order valence-electron chi connectivity index (χ4n) is 3.89. The van der Waals surface area contributed by atoms with Crippen LogP contribution in [0.5, 0.6) is 0 Å². The minimum atomic E-state index is -0.625. The maximum Gasteiger partial charge on any atom is 0.215 e. The van der Waals surface area contributed by atoms with E-state index in [1.165, 1.54) is 16.9 Å². The summed E-state index contributed by atoms with van der Waals surface area (Å²) in [5, 5.41) is 12.4. The standard InChI is InChI=1S/C25H34F2N8O/c1-5-7-13-34(17-36)25-24(28-18(3)29-25)22(9-6-2)33(4)12-8-14-35-31-23(30-32-35)15-19-10-11-20(26)16-21(19)27/h9-11,16-17H,5-8,12-15H2,1-4H3,(H,28,29)/b22-9-. The first-order valence-corrected chi connectivity index (χ1v) is 12.3. The number of imidazole rings is 1. The van der Waals surface area contributed by atoms with Crippen molar-refractivity contribution in [3.05, 3.63) is 58.8 Å². The predicted molar refractivity (Wildman–Crippen MR) is 134 cm³/mol. The Kier molecular flexibility index (Phi) is 9.66. The number of rotatable bonds is 14. The Balaban J connectivity index is 1.64. The number of amides is 1. The molecule has 11 heteroatoms. The van der Waals surface area contributed by atoms with Gasteiger partial charge in [0, 0.05) is 32.6 Å². The predicted octanol–water partition coefficient (Wildman–Crippen LogP) is 4.11. The summed E-state index contributed by atoms with van der Waals surface area (Å²) < 4.78 is 27.0. The van der Waals surface area contributed by atoms with Gasteiger partial charge in [0.25, 0.3) is 0 Å². The van der Waals surface area contributed by atoms with Crippen molar-refractivity contribution >= 4 is 17.9 Å². The third-order valence-corrected chi connectivity index (χ3v) is 5.73. The van der Waals surface area contributed by atoms with Crippen molar-refractivity contribution in [3.63, 3.8) is 0 Å². The lowest BCUT2D eigenvalue weighted by Gasteiger charge is -2.24. The molecule has 0 radical (unpaired) electrons. The second kappa shape index (κ2) is 12.9. The third kappa shape index (κ3) is 6.96. The molecule has 36 heavy (non-hydrogen) atoms. The van der Waals surface area contributed by atoms with E-state index in [1.807, 2.05) is 14.0 Å². The lowest BCUT2D eigenvalue weighted by atomic mass is 10.1. The van der Waals surface area contributed by atoms with Crippen LogP contribution in [0, 0.1) is 18.6 Å². The highest BCUT2D eigenvalue weighted by Gasteiger charge is 2.20. The van der Waals surface area contributed by atoms with Crippen LogP contribution in [0.15, 0.2) is 24.3 Å². The van der Waals surface area contributed by atoms with Crippen molar-refractivity contribution in [1.29, 1.82) is 0 Å². The normalized spacial score (nSPS) is 11.7. The molecule has 0 bridgehead atoms. The molecule has 0 saturated heterocycles. The van der Waals surface area contributed by atoms with Gasteiger partial charge >= 0.3 is 0 Å². The average molecular weight is 501 g/mol. The van der Waals surface area contributed by atoms with Crippen LogP contribution in [0.25, 0.3) is 5.70 Å². The Morgan fingerprint density at radius 3 is 2.69 bits per heavy atom. The lowest BCUT2D eigenvalue weighted by molar-refractivity contribution is -0.107. The number of carbonyl (C=O) groups is 1. The summed E-state index contributed by atoms with van der Waals surface area (Å²) in [5.41, 5.74) is 2.11. The highest BCUT2D eigenvalue weighted by molar-refractivity contribution is 5.81. The van der Waals surface area contributed by atoms with E-state index in [0.29, 0.717) is 36.8 Å². The SMILES string of the molecule is CC/C=C(/c1[nH]c(C)nc1N(C=O)CCCC)N(C)CCCn1nnc(Cc2ccc(F)cc2F)n1. The van der Waals surface area contributed by atoms with Crippen LogP contribution in [-0.2, 0) is 17.8 Å². The number of aromatic nitrogens is 6. The van der Waals surface area contributed by atoms with Gasteiger partial charge < -0.3 is 9.88 Å². The summed E-state index contributed by atoms with van der Waals surface area (Å²) in [6.45, 7) is 7.87. The molecule has 3 rings (SSSR count). The number of benzene rings is 1. The van der Waals surface area contributed by atoms with Crippen LogP contribution in [0.4, 0.5) is 14.6 Å². The number of hydrogen-bond donors (Lipinski definition) is 1. The van der Waals surface area contributed by atoms with Gasteiger partial charge in [-0.25, -0.2) is 13.8 Å². The number of unbranched alkanes of at least 4 members (excludes halogenated alkanes) is 1. The maximum absolute atomic E-state index is 13.9. The number of nitrogens with zero attached hydrogens (tertiary/aromatic N) is 7. The molecule has 1 aromatic carbocycles. The number of H-pyrrole nitrogens is 1. The number of anilines is 1. The zero-order chi connectivity index (χ0) is 26.1. The van der Waals surface area contributed by atoms with Crippen molar-refractivity contribution < 1.29 is 13.6 Å². The molecule has 0 atom stereocenters. The van der Waals surface area contributed by atoms with E-state index in [9.17, 15) is 13.6 Å². The van der Waals surface area contributed by atoms with Crippen molar-refractivity contribution in [3.8, 4) is 0 Å². The fraction of sp³-hybridized carbons (Fsp3) is 0.480. The van der Waals surface area contributed by atoms with Crippen molar-refractivity contribution in [2.75, 3.05) is 25.0 Å². The maximum atomic E-state index is 13.9. The molecule has 0 aliphatic rings. The van der Waals surface area contributed by atoms with Gasteiger partial charge in [-0.2, -0.15) is 4.80 Å². The lowest BCUT2D eigenvalue weighted by Crippen LogP contribution is -2.26. The molecule has 2 aromatic heterocycles. The van der Waals surface area contributed by atoms with Gasteiger partial charge in [-0.1, -0.05) is 32.4 Å². The molecule has 0 unspecified atom stereocenters. The Morgan fingerprint density at radius 2 is 2.00 bits per heavy atom. The largest absolute Gasteiger partial charge is 0.373 e. The number of hydrogen-bond acceptors (Lipinski definition) is 6. The Labute approximate surface area is 210 Å². The van der Waals surface area contributed by atoms with Gasteiger partial charge in [0.1, 0.15) is 23.2 Å². The summed E-state index contributed by atoms with van der Waals surface area (Å²) in [7, 11) is 2.00. The number of aryl methyl sites for hydroxylation is 2. The second-order valence-corrected chi connectivity index (χ2v) is 8.66. The Hall–Kier alpha value is -3.63. The monoisotopic (exact) mass is 500 g/mol. The number of tetrazole rings is 1. The zero-order valence-electron chi connectivity index (χ0n) is 21.3. The third-order valence-electron chi connectivity index (χ3n) is 5.73. The van der Waals surface area contributed by atoms with Crippen molar-refractivity contribution in [2.24, 2.45) is 0 Å². The first kappa shape index (κ1) is 27.0. The van der Waals surface area contributed by atoms with Crippen LogP contribution in [0.3, 0.4) is 0 Å². The summed E-state index contributed by atoms with van der Waals surface area (Å²) >= 11 is 0. The van der Waals surface area contributed by atoms with Gasteiger partial charge in [-0.15, -0.1) is 10.2 Å². The number of halogens is 2. The van der Waals surface area contributed by atoms with Gasteiger partial charge in [0.2, 0.25) is 6.41 Å². The molecule has 2 heterocycles. The van der Waals surface area contributed by atoms with Crippen molar-refractivity contribution in [2.45, 2.75) is 59.4 Å². The van der Waals surface area contributed by atoms with E-state index in [-0.39, 0.29) is 6.42 Å². The molecule has 0 spiro atoms. The van der Waals surface area contributed by atoms with Crippen LogP contribution in [0.1, 0.15) is 62.4 Å². The molecular formula is C25H34F2N8O. The molecule has 0 aliphatic heterocycles. The van der Waals surface area contributed by atoms with Crippen LogP contribution >= 0.6 is 0 Å². The second-order valence-electron chi connectivity index (χ2n) is 8.66. The smallest absolute Gasteiger partial charge is 0.215 e. The van der Waals surface area contributed by atoms with E-state index in [1.54, 1.807) is 4.90 Å². The molecule has 0 aliphatic carbocycles. The quantitative estimate of drug-likeness (QED) is 0.335. The summed E-state index contributed by atoms with van der Waals surface area (Å²) in [6, 6.07) is 3.45. The highest BCUT2D eigenvalue weighted by Crippen LogP contribution is 2.27. The van der Waals surface area contributed by atoms with E-state index < -0.39 is 11.6 Å². The zero-order valence-corrected chi connectivity index (χ0v) is 21.3. The number of allylic oxidation sites excluding steroid dienone is 1. The van der Waals surface area contributed by atoms with Gasteiger partial charge in [-0.05, 0) is 43.0 Å². The van der Waals surface area contributed by atoms with Gasteiger partial charge in [-0.3, -0.25) is 9.69 Å². The van der Waals surface area contributed by atoms with E-state index in [4.69, 9.17) is 0 Å². The number of nitrogens with one attached hydrogen (secondary N) is 1. The molecule has 1 amide bonds. The summed E-state index contributed by atoms with van der Waals surface area (Å²) in [4.78, 5) is 25.0. The van der Waals surface area contributed by atoms with Crippen LogP contribution < -0.4 is 4.90 Å². The van der Waals surface area contributed by atoms with Gasteiger partial charge in [0.05, 0.1) is 12.2 Å². The summed E-state index contributed by atoms with van der Waals surface area (Å²) in [6.07, 6.45) is 6.52. The van der Waals surface area contributed by atoms with Crippen LogP contribution in [0.2, 0.25) is 0 Å². The number of aromatic amines is 1. The first-order chi connectivity index (χ1) is 17.4. The molecule has 3 aromatic rings. The Morgan fingerprint density at radius 1 is 1.19 bits per heavy atom. The Bertz CT molecular complexity index is 1170. The molecule has 9 nitrogen and oxygen atoms in total. The molecule has 0 fully saturated rings. The van der Waals surface area contributed by atoms with E-state index in [2.05, 4.69) is 50.2 Å². The highest BCUT2D eigenvalue weighted by atomic mass is 19.1. The molecule has 1 N–H and O–H groups in total. The topological polar surface area (TPSA) is 95.8 Å². The summed E-state index contributed by atoms with van der Waals surface area (Å²) in [5.74, 6) is 0.512. The van der Waals surface area contributed by atoms with E-state index in [0.717, 1.165) is 55.4 Å². The fourth-order valence-corrected chi connectivity index (χ4v) is 3.89. The average Bonchev–Trinajstić information content (AvgIpc) is 3.46. The molecular weight excluding hydrogens is 466 g/mol. The van der Waals surface area contributed by atoms with Gasteiger partial charge in [0.15, 0.2) is 11.6 Å². The minimum absolute atomic E-state index is 0.141. The minimum Gasteiger partial charge on any atom is -0.373 e.